The normalized spacial score (nSPS) is 15.5. The summed E-state index contributed by atoms with van der Waals surface area (Å²) in [5, 5.41) is 3.48. The predicted molar refractivity (Wildman–Crippen MR) is 120 cm³/mol. The highest BCUT2D eigenvalue weighted by Gasteiger charge is 2.31. The first kappa shape index (κ1) is 23.5. The van der Waals surface area contributed by atoms with Crippen molar-refractivity contribution in [3.05, 3.63) is 63.6 Å². The summed E-state index contributed by atoms with van der Waals surface area (Å²) >= 11 is 11.9. The Hall–Kier alpha value is -2.13. The average Bonchev–Trinajstić information content (AvgIpc) is 2.74. The van der Waals surface area contributed by atoms with E-state index >= 15 is 0 Å². The van der Waals surface area contributed by atoms with Gasteiger partial charge in [-0.15, -0.1) is 0 Å². The van der Waals surface area contributed by atoms with Gasteiger partial charge in [0.25, 0.3) is 0 Å². The van der Waals surface area contributed by atoms with Gasteiger partial charge in [0.2, 0.25) is 15.9 Å². The number of amides is 1. The third kappa shape index (κ3) is 5.98. The van der Waals surface area contributed by atoms with Crippen molar-refractivity contribution >= 4 is 50.8 Å². The Labute approximate surface area is 191 Å². The van der Waals surface area contributed by atoms with Crippen molar-refractivity contribution in [2.24, 2.45) is 5.92 Å². The Morgan fingerprint density at radius 3 is 2.48 bits per heavy atom. The minimum atomic E-state index is -3.51. The van der Waals surface area contributed by atoms with Crippen molar-refractivity contribution in [2.75, 3.05) is 25.5 Å². The van der Waals surface area contributed by atoms with E-state index in [0.717, 1.165) is 0 Å². The van der Waals surface area contributed by atoms with E-state index in [1.165, 1.54) is 23.5 Å². The first-order valence-electron chi connectivity index (χ1n) is 9.60. The number of carbonyl (C=O) groups excluding carboxylic acids is 2. The van der Waals surface area contributed by atoms with E-state index in [9.17, 15) is 18.0 Å². The number of piperidine rings is 1. The topological polar surface area (TPSA) is 92.8 Å². The molecule has 0 saturated carbocycles. The number of rotatable bonds is 6. The maximum atomic E-state index is 12.7. The first-order valence-corrected chi connectivity index (χ1v) is 12.0. The van der Waals surface area contributed by atoms with Gasteiger partial charge in [-0.25, -0.2) is 17.5 Å². The number of benzene rings is 2. The predicted octanol–water partition coefficient (Wildman–Crippen LogP) is 3.96. The molecule has 1 aliphatic rings. The number of halogens is 2. The molecule has 1 saturated heterocycles. The SMILES string of the molecule is COC(=O)c1cc(NC(=O)C2CCN(S(=O)(=O)Cc3cccc(Cl)c3)CC2)ccc1Cl. The van der Waals surface area contributed by atoms with Crippen LogP contribution in [0.3, 0.4) is 0 Å². The molecule has 1 aliphatic heterocycles. The number of nitrogens with one attached hydrogen (secondary N) is 1. The summed E-state index contributed by atoms with van der Waals surface area (Å²) in [5.41, 5.74) is 1.20. The number of esters is 1. The molecule has 0 aliphatic carbocycles. The van der Waals surface area contributed by atoms with Gasteiger partial charge in [0.1, 0.15) is 0 Å². The maximum Gasteiger partial charge on any atom is 0.339 e. The smallest absolute Gasteiger partial charge is 0.339 e. The van der Waals surface area contributed by atoms with Gasteiger partial charge in [0.15, 0.2) is 0 Å². The first-order chi connectivity index (χ1) is 14.7. The molecule has 1 heterocycles. The molecule has 0 bridgehead atoms. The van der Waals surface area contributed by atoms with Crippen molar-refractivity contribution in [3.63, 3.8) is 0 Å². The van der Waals surface area contributed by atoms with Crippen LogP contribution in [0.4, 0.5) is 5.69 Å². The second-order valence-electron chi connectivity index (χ2n) is 7.23. The van der Waals surface area contributed by atoms with Crippen LogP contribution < -0.4 is 5.32 Å². The standard InChI is InChI=1S/C21H22Cl2N2O5S/c1-30-21(27)18-12-17(5-6-19(18)23)24-20(26)15-7-9-25(10-8-15)31(28,29)13-14-3-2-4-16(22)11-14/h2-6,11-12,15H,7-10,13H2,1H3,(H,24,26). The molecular weight excluding hydrogens is 463 g/mol. The lowest BCUT2D eigenvalue weighted by Gasteiger charge is -2.30. The van der Waals surface area contributed by atoms with E-state index in [1.807, 2.05) is 0 Å². The lowest BCUT2D eigenvalue weighted by atomic mass is 9.97. The monoisotopic (exact) mass is 484 g/mol. The van der Waals surface area contributed by atoms with Crippen LogP contribution in [0.25, 0.3) is 0 Å². The third-order valence-electron chi connectivity index (χ3n) is 5.10. The third-order valence-corrected chi connectivity index (χ3v) is 7.51. The van der Waals surface area contributed by atoms with Gasteiger partial charge in [0, 0.05) is 29.7 Å². The number of anilines is 1. The van der Waals surface area contributed by atoms with Gasteiger partial charge in [0.05, 0.1) is 23.4 Å². The number of hydrogen-bond donors (Lipinski definition) is 1. The second-order valence-corrected chi connectivity index (χ2v) is 10.0. The van der Waals surface area contributed by atoms with Crippen molar-refractivity contribution in [1.29, 1.82) is 0 Å². The Morgan fingerprint density at radius 2 is 1.84 bits per heavy atom. The number of nitrogens with zero attached hydrogens (tertiary/aromatic N) is 1. The molecule has 1 fully saturated rings. The van der Waals surface area contributed by atoms with Crippen LogP contribution in [0.5, 0.6) is 0 Å². The fraction of sp³-hybridized carbons (Fsp3) is 0.333. The molecule has 1 amide bonds. The fourth-order valence-corrected chi connectivity index (χ4v) is 5.40. The van der Waals surface area contributed by atoms with Crippen LogP contribution in [0.1, 0.15) is 28.8 Å². The van der Waals surface area contributed by atoms with E-state index in [2.05, 4.69) is 10.1 Å². The van der Waals surface area contributed by atoms with Crippen molar-refractivity contribution in [3.8, 4) is 0 Å². The van der Waals surface area contributed by atoms with Crippen LogP contribution in [0.2, 0.25) is 10.0 Å². The summed E-state index contributed by atoms with van der Waals surface area (Å²) in [4.78, 5) is 24.4. The quantitative estimate of drug-likeness (QED) is 0.626. The molecule has 10 heteroatoms. The van der Waals surface area contributed by atoms with E-state index in [-0.39, 0.29) is 41.3 Å². The number of sulfonamides is 1. The minimum Gasteiger partial charge on any atom is -0.465 e. The zero-order valence-corrected chi connectivity index (χ0v) is 19.1. The van der Waals surface area contributed by atoms with Crippen molar-refractivity contribution in [2.45, 2.75) is 18.6 Å². The molecule has 31 heavy (non-hydrogen) atoms. The summed E-state index contributed by atoms with van der Waals surface area (Å²) in [6.07, 6.45) is 0.802. The average molecular weight is 485 g/mol. The molecule has 166 valence electrons. The highest BCUT2D eigenvalue weighted by Crippen LogP contribution is 2.25. The van der Waals surface area contributed by atoms with E-state index in [1.54, 1.807) is 30.3 Å². The molecule has 1 N–H and O–H groups in total. The molecule has 0 atom stereocenters. The lowest BCUT2D eigenvalue weighted by molar-refractivity contribution is -0.120. The number of ether oxygens (including phenoxy) is 1. The lowest BCUT2D eigenvalue weighted by Crippen LogP contribution is -2.41. The molecule has 0 radical (unpaired) electrons. The zero-order valence-electron chi connectivity index (χ0n) is 16.8. The molecule has 0 spiro atoms. The Balaban J connectivity index is 1.59. The van der Waals surface area contributed by atoms with Crippen LogP contribution in [0, 0.1) is 5.92 Å². The van der Waals surface area contributed by atoms with E-state index in [4.69, 9.17) is 23.2 Å². The number of carbonyl (C=O) groups is 2. The van der Waals surface area contributed by atoms with Crippen LogP contribution in [0.15, 0.2) is 42.5 Å². The molecule has 2 aromatic rings. The second kappa shape index (κ2) is 9.99. The van der Waals surface area contributed by atoms with Gasteiger partial charge in [-0.1, -0.05) is 35.3 Å². The fourth-order valence-electron chi connectivity index (χ4n) is 3.44. The Kier molecular flexibility index (Phi) is 7.59. The van der Waals surface area contributed by atoms with Gasteiger partial charge >= 0.3 is 5.97 Å². The van der Waals surface area contributed by atoms with Gasteiger partial charge in [-0.3, -0.25) is 4.79 Å². The summed E-state index contributed by atoms with van der Waals surface area (Å²) in [6.45, 7) is 0.518. The summed E-state index contributed by atoms with van der Waals surface area (Å²) in [5.74, 6) is -1.30. The van der Waals surface area contributed by atoms with Gasteiger partial charge in [-0.05, 0) is 48.7 Å². The van der Waals surface area contributed by atoms with Crippen molar-refractivity contribution in [1.82, 2.24) is 4.31 Å². The van der Waals surface area contributed by atoms with Gasteiger partial charge in [-0.2, -0.15) is 0 Å². The van der Waals surface area contributed by atoms with Crippen LogP contribution in [-0.2, 0) is 25.3 Å². The zero-order chi connectivity index (χ0) is 22.6. The molecule has 0 unspecified atom stereocenters. The van der Waals surface area contributed by atoms with E-state index < -0.39 is 16.0 Å². The Bertz CT molecular complexity index is 1080. The largest absolute Gasteiger partial charge is 0.465 e. The Morgan fingerprint density at radius 1 is 1.13 bits per heavy atom. The van der Waals surface area contributed by atoms with Crippen molar-refractivity contribution < 1.29 is 22.7 Å². The molecule has 3 rings (SSSR count). The molecular formula is C21H22Cl2N2O5S. The summed E-state index contributed by atoms with van der Waals surface area (Å²) in [6, 6.07) is 11.3. The molecule has 7 nitrogen and oxygen atoms in total. The minimum absolute atomic E-state index is 0.133. The summed E-state index contributed by atoms with van der Waals surface area (Å²) in [7, 11) is -2.26. The highest BCUT2D eigenvalue weighted by atomic mass is 35.5. The maximum absolute atomic E-state index is 12.7. The highest BCUT2D eigenvalue weighted by molar-refractivity contribution is 7.88. The number of hydrogen-bond acceptors (Lipinski definition) is 5. The van der Waals surface area contributed by atoms with Gasteiger partial charge < -0.3 is 10.1 Å². The summed E-state index contributed by atoms with van der Waals surface area (Å²) < 4.78 is 31.5. The number of methoxy groups -OCH3 is 1. The molecule has 0 aromatic heterocycles. The van der Waals surface area contributed by atoms with Crippen LogP contribution >= 0.6 is 23.2 Å². The van der Waals surface area contributed by atoms with Crippen LogP contribution in [-0.4, -0.2) is 44.8 Å². The van der Waals surface area contributed by atoms with E-state index in [0.29, 0.717) is 29.1 Å². The molecule has 2 aromatic carbocycles.